The maximum absolute atomic E-state index is 14.2. The Bertz CT molecular complexity index is 522. The molecule has 0 saturated carbocycles. The van der Waals surface area contributed by atoms with Crippen LogP contribution >= 0.6 is 0 Å². The number of allylic oxidation sites excluding steroid dienone is 4. The summed E-state index contributed by atoms with van der Waals surface area (Å²) in [6.45, 7) is 7.70. The van der Waals surface area contributed by atoms with Crippen molar-refractivity contribution in [1.82, 2.24) is 0 Å². The van der Waals surface area contributed by atoms with Crippen LogP contribution in [0.3, 0.4) is 0 Å². The molecule has 0 amide bonds. The Morgan fingerprint density at radius 1 is 1.11 bits per heavy atom. The van der Waals surface area contributed by atoms with Crippen LogP contribution in [-0.2, 0) is 14.2 Å². The molecule has 1 fully saturated rings. The van der Waals surface area contributed by atoms with Crippen molar-refractivity contribution in [3.05, 3.63) is 23.0 Å². The lowest BCUT2D eigenvalue weighted by Gasteiger charge is -2.29. The van der Waals surface area contributed by atoms with E-state index in [1.807, 2.05) is 13.8 Å². The highest BCUT2D eigenvalue weighted by atomic mass is 19.2. The zero-order valence-electron chi connectivity index (χ0n) is 17.4. The molecule has 0 bridgehead atoms. The minimum atomic E-state index is -0.828. The molecule has 1 aliphatic heterocycles. The second kappa shape index (κ2) is 11.2. The van der Waals surface area contributed by atoms with Crippen LogP contribution in [0.15, 0.2) is 23.0 Å². The number of hydrogen-bond acceptors (Lipinski definition) is 3. The van der Waals surface area contributed by atoms with Crippen LogP contribution in [0, 0.1) is 11.8 Å². The van der Waals surface area contributed by atoms with E-state index in [4.69, 9.17) is 14.2 Å². The third-order valence-electron chi connectivity index (χ3n) is 5.92. The molecule has 2 rings (SSSR count). The van der Waals surface area contributed by atoms with Crippen LogP contribution in [0.1, 0.15) is 72.1 Å². The van der Waals surface area contributed by atoms with Gasteiger partial charge in [-0.25, -0.2) is 8.78 Å². The third kappa shape index (κ3) is 6.56. The predicted octanol–water partition coefficient (Wildman–Crippen LogP) is 6.25. The van der Waals surface area contributed by atoms with Crippen LogP contribution in [0.2, 0.25) is 0 Å². The summed E-state index contributed by atoms with van der Waals surface area (Å²) in [6.07, 6.45) is 7.60. The van der Waals surface area contributed by atoms with Crippen LogP contribution in [0.4, 0.5) is 8.78 Å². The van der Waals surface area contributed by atoms with Crippen molar-refractivity contribution in [3.63, 3.8) is 0 Å². The van der Waals surface area contributed by atoms with Crippen molar-refractivity contribution < 1.29 is 23.0 Å². The Morgan fingerprint density at radius 2 is 1.89 bits per heavy atom. The molecule has 3 nitrogen and oxygen atoms in total. The number of methoxy groups -OCH3 is 1. The Morgan fingerprint density at radius 3 is 2.52 bits per heavy atom. The lowest BCUT2D eigenvalue weighted by molar-refractivity contribution is -0.0780. The Kier molecular flexibility index (Phi) is 9.24. The van der Waals surface area contributed by atoms with Gasteiger partial charge in [0.15, 0.2) is 11.7 Å². The summed E-state index contributed by atoms with van der Waals surface area (Å²) in [5.74, 6) is -0.729. The lowest BCUT2D eigenvalue weighted by Crippen LogP contribution is -2.30. The highest BCUT2D eigenvalue weighted by molar-refractivity contribution is 5.33. The van der Waals surface area contributed by atoms with Gasteiger partial charge in [0.2, 0.25) is 0 Å². The standard InChI is InChI=1S/C22H36F2O3/c1-5-6-17-9-10-18(27-13-17)14-26-16(3)8-7-15(2)19-11-12-20(25-4)22(24)21(19)23/h15-18H,5-14H2,1-4H3. The largest absolute Gasteiger partial charge is 0.498 e. The van der Waals surface area contributed by atoms with Gasteiger partial charge in [0, 0.05) is 13.0 Å². The van der Waals surface area contributed by atoms with E-state index in [9.17, 15) is 8.78 Å². The second-order valence-electron chi connectivity index (χ2n) is 8.09. The van der Waals surface area contributed by atoms with Crippen molar-refractivity contribution in [2.24, 2.45) is 11.8 Å². The number of rotatable bonds is 10. The van der Waals surface area contributed by atoms with Gasteiger partial charge in [0.05, 0.1) is 25.9 Å². The van der Waals surface area contributed by atoms with Crippen LogP contribution in [0.5, 0.6) is 0 Å². The summed E-state index contributed by atoms with van der Waals surface area (Å²) in [4.78, 5) is 0. The molecule has 1 heterocycles. The minimum absolute atomic E-state index is 0.000869. The topological polar surface area (TPSA) is 27.7 Å². The van der Waals surface area contributed by atoms with Crippen molar-refractivity contribution in [3.8, 4) is 0 Å². The zero-order chi connectivity index (χ0) is 19.8. The third-order valence-corrected chi connectivity index (χ3v) is 5.92. The first-order chi connectivity index (χ1) is 13.0. The van der Waals surface area contributed by atoms with Gasteiger partial charge in [-0.05, 0) is 62.9 Å². The second-order valence-corrected chi connectivity index (χ2v) is 8.09. The molecule has 4 unspecified atom stereocenters. The summed E-state index contributed by atoms with van der Waals surface area (Å²) in [6, 6.07) is 0. The van der Waals surface area contributed by atoms with Crippen molar-refractivity contribution in [1.29, 1.82) is 0 Å². The van der Waals surface area contributed by atoms with Gasteiger partial charge in [-0.1, -0.05) is 20.3 Å². The number of halogens is 2. The van der Waals surface area contributed by atoms with E-state index in [-0.39, 0.29) is 23.9 Å². The molecule has 0 N–H and O–H groups in total. The monoisotopic (exact) mass is 386 g/mol. The maximum Gasteiger partial charge on any atom is 0.196 e. The molecule has 0 aromatic heterocycles. The summed E-state index contributed by atoms with van der Waals surface area (Å²) < 4.78 is 45.0. The fraction of sp³-hybridized carbons (Fsp3) is 0.818. The quantitative estimate of drug-likeness (QED) is 0.444. The molecule has 1 saturated heterocycles. The molecule has 2 aliphatic rings. The first-order valence-electron chi connectivity index (χ1n) is 10.5. The highest BCUT2D eigenvalue weighted by Gasteiger charge is 2.27. The normalized spacial score (nSPS) is 26.3. The summed E-state index contributed by atoms with van der Waals surface area (Å²) in [7, 11) is 1.38. The van der Waals surface area contributed by atoms with Crippen molar-refractivity contribution >= 4 is 0 Å². The molecule has 0 radical (unpaired) electrons. The smallest absolute Gasteiger partial charge is 0.196 e. The molecule has 156 valence electrons. The first kappa shape index (κ1) is 22.4. The average molecular weight is 387 g/mol. The fourth-order valence-corrected chi connectivity index (χ4v) is 4.03. The highest BCUT2D eigenvalue weighted by Crippen LogP contribution is 2.37. The Balaban J connectivity index is 1.70. The van der Waals surface area contributed by atoms with E-state index in [1.165, 1.54) is 26.4 Å². The Labute approximate surface area is 163 Å². The van der Waals surface area contributed by atoms with E-state index < -0.39 is 11.7 Å². The number of ether oxygens (including phenoxy) is 3. The van der Waals surface area contributed by atoms with Gasteiger partial charge in [0.25, 0.3) is 0 Å². The predicted molar refractivity (Wildman–Crippen MR) is 104 cm³/mol. The molecule has 27 heavy (non-hydrogen) atoms. The van der Waals surface area contributed by atoms with E-state index in [0.717, 1.165) is 25.9 Å². The summed E-state index contributed by atoms with van der Waals surface area (Å²) >= 11 is 0. The molecule has 0 spiro atoms. The molecule has 1 aliphatic carbocycles. The lowest BCUT2D eigenvalue weighted by atomic mass is 9.88. The van der Waals surface area contributed by atoms with Crippen LogP contribution < -0.4 is 0 Å². The van der Waals surface area contributed by atoms with Gasteiger partial charge in [-0.15, -0.1) is 0 Å². The fourth-order valence-electron chi connectivity index (χ4n) is 4.03. The van der Waals surface area contributed by atoms with E-state index in [0.29, 0.717) is 30.9 Å². The molecule has 4 atom stereocenters. The molecule has 0 aromatic carbocycles. The van der Waals surface area contributed by atoms with Gasteiger partial charge < -0.3 is 14.2 Å². The van der Waals surface area contributed by atoms with Gasteiger partial charge in [0.1, 0.15) is 5.76 Å². The number of hydrogen-bond donors (Lipinski definition) is 0. The maximum atomic E-state index is 14.2. The van der Waals surface area contributed by atoms with Gasteiger partial charge in [-0.3, -0.25) is 0 Å². The molecular formula is C22H36F2O3. The van der Waals surface area contributed by atoms with Gasteiger partial charge >= 0.3 is 0 Å². The van der Waals surface area contributed by atoms with Crippen molar-refractivity contribution in [2.75, 3.05) is 20.3 Å². The van der Waals surface area contributed by atoms with Crippen molar-refractivity contribution in [2.45, 2.75) is 84.3 Å². The minimum Gasteiger partial charge on any atom is -0.498 e. The van der Waals surface area contributed by atoms with E-state index in [1.54, 1.807) is 0 Å². The molecule has 5 heteroatoms. The zero-order valence-corrected chi connectivity index (χ0v) is 17.4. The average Bonchev–Trinajstić information content (AvgIpc) is 2.68. The summed E-state index contributed by atoms with van der Waals surface area (Å²) in [5, 5.41) is 0. The van der Waals surface area contributed by atoms with Gasteiger partial charge in [-0.2, -0.15) is 0 Å². The SMILES string of the molecule is CCCC1CCC(COC(C)CCC(C)C2=C(F)C(F)=C(OC)CC2)OC1. The van der Waals surface area contributed by atoms with Crippen LogP contribution in [-0.4, -0.2) is 32.5 Å². The Hall–Kier alpha value is -0.940. The van der Waals surface area contributed by atoms with E-state index in [2.05, 4.69) is 6.92 Å². The first-order valence-corrected chi connectivity index (χ1v) is 10.5. The van der Waals surface area contributed by atoms with Crippen LogP contribution in [0.25, 0.3) is 0 Å². The molecular weight excluding hydrogens is 350 g/mol. The molecule has 0 aromatic rings. The summed E-state index contributed by atoms with van der Waals surface area (Å²) in [5.41, 5.74) is 0.568. The van der Waals surface area contributed by atoms with E-state index >= 15 is 0 Å².